The summed E-state index contributed by atoms with van der Waals surface area (Å²) in [7, 11) is -4.16. The third-order valence-corrected chi connectivity index (χ3v) is 5.37. The van der Waals surface area contributed by atoms with Gasteiger partial charge in [-0.3, -0.25) is 14.4 Å². The highest BCUT2D eigenvalue weighted by molar-refractivity contribution is 7.89. The summed E-state index contributed by atoms with van der Waals surface area (Å²) in [6.45, 7) is 7.78. The van der Waals surface area contributed by atoms with E-state index in [1.54, 1.807) is 27.7 Å². The van der Waals surface area contributed by atoms with Gasteiger partial charge in [0.2, 0.25) is 15.9 Å². The second-order valence-electron chi connectivity index (χ2n) is 6.06. The molecule has 9 nitrogen and oxygen atoms in total. The molecule has 28 heavy (non-hydrogen) atoms. The van der Waals surface area contributed by atoms with Crippen molar-refractivity contribution in [2.24, 2.45) is 0 Å². The Balaban J connectivity index is 3.22. The standard InChI is InChI=1S/C18H26N2O7S/c1-6-26-16(22)10-15(18(23)27-7-2)20-28(24,25)17-11(3)8-14(9-12(17)4)19-13(5)21/h8-9,15,20H,6-7,10H2,1-5H3,(H,19,21). The second-order valence-corrected chi connectivity index (χ2v) is 7.71. The normalized spacial score (nSPS) is 12.2. The van der Waals surface area contributed by atoms with Gasteiger partial charge < -0.3 is 14.8 Å². The van der Waals surface area contributed by atoms with Crippen molar-refractivity contribution >= 4 is 33.6 Å². The average Bonchev–Trinajstić information content (AvgIpc) is 2.52. The van der Waals surface area contributed by atoms with E-state index >= 15 is 0 Å². The fourth-order valence-corrected chi connectivity index (χ4v) is 4.34. The van der Waals surface area contributed by atoms with Gasteiger partial charge in [-0.25, -0.2) is 8.42 Å². The number of aryl methyl sites for hydroxylation is 2. The molecule has 1 rings (SSSR count). The molecule has 1 atom stereocenters. The van der Waals surface area contributed by atoms with E-state index in [4.69, 9.17) is 9.47 Å². The number of amides is 1. The predicted molar refractivity (Wildman–Crippen MR) is 102 cm³/mol. The number of benzene rings is 1. The molecule has 0 aliphatic carbocycles. The van der Waals surface area contributed by atoms with Crippen LogP contribution in [-0.2, 0) is 33.9 Å². The van der Waals surface area contributed by atoms with Crippen LogP contribution in [0.2, 0.25) is 0 Å². The van der Waals surface area contributed by atoms with Crippen LogP contribution in [0.15, 0.2) is 17.0 Å². The van der Waals surface area contributed by atoms with Crippen molar-refractivity contribution in [1.82, 2.24) is 4.72 Å². The van der Waals surface area contributed by atoms with Gasteiger partial charge >= 0.3 is 11.9 Å². The molecule has 156 valence electrons. The van der Waals surface area contributed by atoms with Crippen LogP contribution in [0.1, 0.15) is 38.3 Å². The summed E-state index contributed by atoms with van der Waals surface area (Å²) in [6, 6.07) is 1.60. The first-order chi connectivity index (χ1) is 13.0. The number of rotatable bonds is 9. The third-order valence-electron chi connectivity index (χ3n) is 3.59. The van der Waals surface area contributed by atoms with Crippen LogP contribution < -0.4 is 10.0 Å². The van der Waals surface area contributed by atoms with Gasteiger partial charge in [-0.2, -0.15) is 4.72 Å². The molecule has 2 N–H and O–H groups in total. The van der Waals surface area contributed by atoms with Gasteiger partial charge in [-0.05, 0) is 51.0 Å². The second kappa shape index (κ2) is 10.2. The molecule has 1 aromatic rings. The highest BCUT2D eigenvalue weighted by Crippen LogP contribution is 2.25. The van der Waals surface area contributed by atoms with Crippen LogP contribution in [0, 0.1) is 13.8 Å². The molecule has 1 aromatic carbocycles. The molecule has 0 saturated carbocycles. The first-order valence-corrected chi connectivity index (χ1v) is 10.2. The molecule has 10 heteroatoms. The molecule has 0 aliphatic heterocycles. The third kappa shape index (κ3) is 6.61. The van der Waals surface area contributed by atoms with Gasteiger partial charge in [-0.15, -0.1) is 0 Å². The van der Waals surface area contributed by atoms with Gasteiger partial charge in [0.1, 0.15) is 6.04 Å². The summed E-state index contributed by atoms with van der Waals surface area (Å²) in [5.74, 6) is -1.88. The number of hydrogen-bond donors (Lipinski definition) is 2. The summed E-state index contributed by atoms with van der Waals surface area (Å²) >= 11 is 0. The average molecular weight is 414 g/mol. The Morgan fingerprint density at radius 2 is 1.57 bits per heavy atom. The Labute approximate surface area is 164 Å². The number of ether oxygens (including phenoxy) is 2. The molecule has 1 unspecified atom stereocenters. The summed E-state index contributed by atoms with van der Waals surface area (Å²) in [5.41, 5.74) is 1.19. The SMILES string of the molecule is CCOC(=O)CC(NS(=O)(=O)c1c(C)cc(NC(C)=O)cc1C)C(=O)OCC. The molecule has 0 aliphatic rings. The lowest BCUT2D eigenvalue weighted by Gasteiger charge is -2.19. The lowest BCUT2D eigenvalue weighted by atomic mass is 10.1. The van der Waals surface area contributed by atoms with Crippen molar-refractivity contribution < 1.29 is 32.3 Å². The molecule has 0 bridgehead atoms. The lowest BCUT2D eigenvalue weighted by molar-refractivity contribution is -0.151. The molecule has 1 amide bonds. The first kappa shape index (κ1) is 23.6. The number of carbonyl (C=O) groups excluding carboxylic acids is 3. The van der Waals surface area contributed by atoms with Crippen molar-refractivity contribution in [3.05, 3.63) is 23.3 Å². The van der Waals surface area contributed by atoms with E-state index in [-0.39, 0.29) is 24.0 Å². The van der Waals surface area contributed by atoms with E-state index < -0.39 is 34.4 Å². The van der Waals surface area contributed by atoms with E-state index in [1.807, 2.05) is 0 Å². The zero-order valence-electron chi connectivity index (χ0n) is 16.6. The van der Waals surface area contributed by atoms with Crippen molar-refractivity contribution in [3.63, 3.8) is 0 Å². The molecule has 0 saturated heterocycles. The topological polar surface area (TPSA) is 128 Å². The summed E-state index contributed by atoms with van der Waals surface area (Å²) in [6.07, 6.45) is -0.492. The van der Waals surface area contributed by atoms with Crippen LogP contribution in [0.25, 0.3) is 0 Å². The highest BCUT2D eigenvalue weighted by Gasteiger charge is 2.31. The van der Waals surface area contributed by atoms with Crippen LogP contribution >= 0.6 is 0 Å². The molecule has 0 spiro atoms. The van der Waals surface area contributed by atoms with Crippen molar-refractivity contribution in [1.29, 1.82) is 0 Å². The van der Waals surface area contributed by atoms with Gasteiger partial charge in [0.05, 0.1) is 24.5 Å². The van der Waals surface area contributed by atoms with Crippen LogP contribution in [-0.4, -0.2) is 45.5 Å². The minimum Gasteiger partial charge on any atom is -0.466 e. The monoisotopic (exact) mass is 414 g/mol. The zero-order chi connectivity index (χ0) is 21.5. The predicted octanol–water partition coefficient (Wildman–Crippen LogP) is 1.43. The van der Waals surface area contributed by atoms with E-state index in [1.165, 1.54) is 19.1 Å². The Morgan fingerprint density at radius 1 is 1.04 bits per heavy atom. The molecule has 0 aromatic heterocycles. The number of esters is 2. The summed E-state index contributed by atoms with van der Waals surface area (Å²) in [5, 5.41) is 2.59. The van der Waals surface area contributed by atoms with Gasteiger partial charge in [0.15, 0.2) is 0 Å². The number of nitrogens with one attached hydrogen (secondary N) is 2. The quantitative estimate of drug-likeness (QED) is 0.585. The maximum Gasteiger partial charge on any atom is 0.324 e. The smallest absolute Gasteiger partial charge is 0.324 e. The Bertz CT molecular complexity index is 826. The van der Waals surface area contributed by atoms with E-state index in [2.05, 4.69) is 10.0 Å². The van der Waals surface area contributed by atoms with Gasteiger partial charge in [0, 0.05) is 12.6 Å². The number of carbonyl (C=O) groups is 3. The maximum atomic E-state index is 12.9. The number of hydrogen-bond acceptors (Lipinski definition) is 7. The van der Waals surface area contributed by atoms with E-state index in [0.29, 0.717) is 16.8 Å². The minimum atomic E-state index is -4.16. The van der Waals surface area contributed by atoms with E-state index in [9.17, 15) is 22.8 Å². The van der Waals surface area contributed by atoms with Crippen LogP contribution in [0.5, 0.6) is 0 Å². The molecule has 0 heterocycles. The zero-order valence-corrected chi connectivity index (χ0v) is 17.4. The number of sulfonamides is 1. The first-order valence-electron chi connectivity index (χ1n) is 8.75. The largest absolute Gasteiger partial charge is 0.466 e. The number of anilines is 1. The maximum absolute atomic E-state index is 12.9. The van der Waals surface area contributed by atoms with Gasteiger partial charge in [-0.1, -0.05) is 0 Å². The lowest BCUT2D eigenvalue weighted by Crippen LogP contribution is -2.43. The minimum absolute atomic E-state index is 0.0311. The van der Waals surface area contributed by atoms with Gasteiger partial charge in [0.25, 0.3) is 0 Å². The Kier molecular flexibility index (Phi) is 8.58. The van der Waals surface area contributed by atoms with E-state index in [0.717, 1.165) is 0 Å². The molecule has 0 fully saturated rings. The van der Waals surface area contributed by atoms with Crippen LogP contribution in [0.4, 0.5) is 5.69 Å². The van der Waals surface area contributed by atoms with Crippen molar-refractivity contribution in [2.45, 2.75) is 52.0 Å². The van der Waals surface area contributed by atoms with Crippen LogP contribution in [0.3, 0.4) is 0 Å². The summed E-state index contributed by atoms with van der Waals surface area (Å²) < 4.78 is 37.7. The summed E-state index contributed by atoms with van der Waals surface area (Å²) in [4.78, 5) is 35.1. The van der Waals surface area contributed by atoms with Crippen molar-refractivity contribution in [2.75, 3.05) is 18.5 Å². The fraction of sp³-hybridized carbons (Fsp3) is 0.500. The van der Waals surface area contributed by atoms with Crippen molar-refractivity contribution in [3.8, 4) is 0 Å². The fourth-order valence-electron chi connectivity index (χ4n) is 2.70. The highest BCUT2D eigenvalue weighted by atomic mass is 32.2. The Morgan fingerprint density at radius 3 is 2.04 bits per heavy atom. The Hall–Kier alpha value is -2.46. The molecular formula is C18H26N2O7S. The molecular weight excluding hydrogens is 388 g/mol. The molecule has 0 radical (unpaired) electrons.